The number of carbonyl (C=O) groups excluding carboxylic acids is 1. The molecule has 0 saturated carbocycles. The Hall–Kier alpha value is -1.99. The van der Waals surface area contributed by atoms with Crippen LogP contribution in [-0.4, -0.2) is 36.9 Å². The highest BCUT2D eigenvalue weighted by molar-refractivity contribution is 7.91. The monoisotopic (exact) mass is 358 g/mol. The molecule has 0 N–H and O–H groups in total. The number of hydrogen-bond donors (Lipinski definition) is 0. The Morgan fingerprint density at radius 2 is 1.96 bits per heavy atom. The molecule has 0 unspecified atom stereocenters. The number of nitrogens with zero attached hydrogens (tertiary/aromatic N) is 2. The van der Waals surface area contributed by atoms with Crippen LogP contribution in [0.15, 0.2) is 36.4 Å². The van der Waals surface area contributed by atoms with E-state index in [1.165, 1.54) is 11.3 Å². The van der Waals surface area contributed by atoms with Crippen molar-refractivity contribution >= 4 is 53.2 Å². The molecule has 2 aliphatic heterocycles. The van der Waals surface area contributed by atoms with E-state index < -0.39 is 9.84 Å². The molecule has 0 spiro atoms. The van der Waals surface area contributed by atoms with Gasteiger partial charge in [0.25, 0.3) is 0 Å². The molecule has 2 saturated heterocycles. The predicted molar refractivity (Wildman–Crippen MR) is 95.2 cm³/mol. The SMILES string of the molecule is O=C1C[C@@H]2CS(=O)(=O)C[C@@H]2N1c1nc2c(ccc3ccccc32)s1. The van der Waals surface area contributed by atoms with Crippen molar-refractivity contribution in [1.82, 2.24) is 4.98 Å². The third-order valence-corrected chi connectivity index (χ3v) is 7.76. The molecular formula is C17H14N2O3S2. The quantitative estimate of drug-likeness (QED) is 0.671. The number of carbonyl (C=O) groups is 1. The molecule has 0 bridgehead atoms. The number of thiazole rings is 1. The van der Waals surface area contributed by atoms with Crippen molar-refractivity contribution in [3.63, 3.8) is 0 Å². The first-order valence-electron chi connectivity index (χ1n) is 7.83. The molecule has 2 aromatic carbocycles. The third-order valence-electron chi connectivity index (χ3n) is 4.95. The van der Waals surface area contributed by atoms with E-state index in [0.29, 0.717) is 11.6 Å². The summed E-state index contributed by atoms with van der Waals surface area (Å²) in [7, 11) is -3.05. The minimum Gasteiger partial charge on any atom is -0.284 e. The van der Waals surface area contributed by atoms with Crippen molar-refractivity contribution in [3.8, 4) is 0 Å². The Bertz CT molecular complexity index is 1100. The summed E-state index contributed by atoms with van der Waals surface area (Å²) in [5.41, 5.74) is 0.880. The van der Waals surface area contributed by atoms with Crippen LogP contribution >= 0.6 is 11.3 Å². The summed E-state index contributed by atoms with van der Waals surface area (Å²) < 4.78 is 24.9. The average Bonchev–Trinajstić information content (AvgIpc) is 3.16. The summed E-state index contributed by atoms with van der Waals surface area (Å²) in [4.78, 5) is 18.8. The molecule has 1 aromatic heterocycles. The van der Waals surface area contributed by atoms with E-state index in [4.69, 9.17) is 4.98 Å². The van der Waals surface area contributed by atoms with Gasteiger partial charge in [-0.15, -0.1) is 0 Å². The molecule has 7 heteroatoms. The highest BCUT2D eigenvalue weighted by Crippen LogP contribution is 2.41. The number of benzene rings is 2. The molecule has 1 amide bonds. The van der Waals surface area contributed by atoms with Gasteiger partial charge in [-0.25, -0.2) is 13.4 Å². The van der Waals surface area contributed by atoms with E-state index in [0.717, 1.165) is 21.0 Å². The number of sulfone groups is 1. The van der Waals surface area contributed by atoms with E-state index in [1.807, 2.05) is 36.4 Å². The zero-order valence-corrected chi connectivity index (χ0v) is 14.3. The molecule has 5 nitrogen and oxygen atoms in total. The maximum atomic E-state index is 12.4. The molecule has 2 aliphatic rings. The van der Waals surface area contributed by atoms with Gasteiger partial charge in [0, 0.05) is 17.7 Å². The minimum absolute atomic E-state index is 0.0109. The molecule has 3 aromatic rings. The Morgan fingerprint density at radius 3 is 2.83 bits per heavy atom. The fourth-order valence-corrected chi connectivity index (χ4v) is 7.02. The van der Waals surface area contributed by atoms with Gasteiger partial charge in [0.05, 0.1) is 27.8 Å². The maximum Gasteiger partial charge on any atom is 0.229 e. The number of amides is 1. The van der Waals surface area contributed by atoms with Gasteiger partial charge in [-0.1, -0.05) is 41.7 Å². The second-order valence-corrected chi connectivity index (χ2v) is 9.66. The van der Waals surface area contributed by atoms with Crippen LogP contribution in [0.1, 0.15) is 6.42 Å². The molecule has 122 valence electrons. The van der Waals surface area contributed by atoms with Gasteiger partial charge >= 0.3 is 0 Å². The van der Waals surface area contributed by atoms with Crippen LogP contribution in [0.25, 0.3) is 21.0 Å². The molecule has 24 heavy (non-hydrogen) atoms. The number of rotatable bonds is 1. The van der Waals surface area contributed by atoms with E-state index in [2.05, 4.69) is 0 Å². The molecular weight excluding hydrogens is 344 g/mol. The molecule has 2 atom stereocenters. The number of aromatic nitrogens is 1. The van der Waals surface area contributed by atoms with Crippen LogP contribution in [0.3, 0.4) is 0 Å². The summed E-state index contributed by atoms with van der Waals surface area (Å²) in [6, 6.07) is 11.8. The van der Waals surface area contributed by atoms with Gasteiger partial charge in [0.1, 0.15) is 0 Å². The topological polar surface area (TPSA) is 67.3 Å². The maximum absolute atomic E-state index is 12.4. The molecule has 3 heterocycles. The van der Waals surface area contributed by atoms with Crippen molar-refractivity contribution in [1.29, 1.82) is 0 Å². The summed E-state index contributed by atoms with van der Waals surface area (Å²) in [6.45, 7) is 0. The summed E-state index contributed by atoms with van der Waals surface area (Å²) >= 11 is 1.46. The van der Waals surface area contributed by atoms with E-state index in [9.17, 15) is 13.2 Å². The zero-order valence-electron chi connectivity index (χ0n) is 12.7. The van der Waals surface area contributed by atoms with Gasteiger partial charge < -0.3 is 0 Å². The van der Waals surface area contributed by atoms with Crippen LogP contribution in [0, 0.1) is 5.92 Å². The first kappa shape index (κ1) is 14.4. The lowest BCUT2D eigenvalue weighted by Gasteiger charge is -2.19. The van der Waals surface area contributed by atoms with E-state index >= 15 is 0 Å². The number of fused-ring (bicyclic) bond motifs is 4. The van der Waals surface area contributed by atoms with Crippen LogP contribution in [0.2, 0.25) is 0 Å². The average molecular weight is 358 g/mol. The lowest BCUT2D eigenvalue weighted by molar-refractivity contribution is -0.117. The molecule has 0 aliphatic carbocycles. The van der Waals surface area contributed by atoms with Crippen molar-refractivity contribution in [2.24, 2.45) is 5.92 Å². The predicted octanol–water partition coefficient (Wildman–Crippen LogP) is 2.60. The Balaban J connectivity index is 1.66. The number of hydrogen-bond acceptors (Lipinski definition) is 5. The fraction of sp³-hybridized carbons (Fsp3) is 0.294. The van der Waals surface area contributed by atoms with Crippen molar-refractivity contribution in [2.75, 3.05) is 16.4 Å². The van der Waals surface area contributed by atoms with Crippen molar-refractivity contribution in [2.45, 2.75) is 12.5 Å². The Labute approximate surface area is 142 Å². The molecule has 5 rings (SSSR count). The van der Waals surface area contributed by atoms with E-state index in [1.54, 1.807) is 4.90 Å². The summed E-state index contributed by atoms with van der Waals surface area (Å²) in [6.07, 6.45) is 0.306. The highest BCUT2D eigenvalue weighted by Gasteiger charge is 2.50. The number of anilines is 1. The Morgan fingerprint density at radius 1 is 1.12 bits per heavy atom. The smallest absolute Gasteiger partial charge is 0.229 e. The molecule has 0 radical (unpaired) electrons. The van der Waals surface area contributed by atoms with Gasteiger partial charge in [-0.3, -0.25) is 9.69 Å². The van der Waals surface area contributed by atoms with Gasteiger partial charge in [0.2, 0.25) is 5.91 Å². The lowest BCUT2D eigenvalue weighted by atomic mass is 10.1. The zero-order chi connectivity index (χ0) is 16.5. The normalized spacial score (nSPS) is 25.7. The minimum atomic E-state index is -3.05. The first-order chi connectivity index (χ1) is 11.5. The van der Waals surface area contributed by atoms with Gasteiger partial charge in [0.15, 0.2) is 15.0 Å². The second-order valence-electron chi connectivity index (χ2n) is 6.50. The largest absolute Gasteiger partial charge is 0.284 e. The van der Waals surface area contributed by atoms with E-state index in [-0.39, 0.29) is 29.4 Å². The summed E-state index contributed by atoms with van der Waals surface area (Å²) in [5.74, 6) is 0.0721. The second kappa shape index (κ2) is 4.77. The lowest BCUT2D eigenvalue weighted by Crippen LogP contribution is -2.36. The first-order valence-corrected chi connectivity index (χ1v) is 10.5. The van der Waals surface area contributed by atoms with Crippen molar-refractivity contribution < 1.29 is 13.2 Å². The highest BCUT2D eigenvalue weighted by atomic mass is 32.2. The van der Waals surface area contributed by atoms with Crippen LogP contribution in [0.5, 0.6) is 0 Å². The standard InChI is InChI=1S/C17H14N2O3S2/c20-15-7-11-8-24(21,22)9-13(11)19(15)17-18-16-12-4-2-1-3-10(12)5-6-14(16)23-17/h1-6,11,13H,7-9H2/t11-,13+/m1/s1. The third kappa shape index (κ3) is 2.01. The van der Waals surface area contributed by atoms with Gasteiger partial charge in [-0.2, -0.15) is 0 Å². The summed E-state index contributed by atoms with van der Waals surface area (Å²) in [5, 5.41) is 2.78. The Kier molecular flexibility index (Phi) is 2.85. The van der Waals surface area contributed by atoms with Crippen LogP contribution < -0.4 is 4.90 Å². The van der Waals surface area contributed by atoms with Crippen LogP contribution in [-0.2, 0) is 14.6 Å². The van der Waals surface area contributed by atoms with Gasteiger partial charge in [-0.05, 0) is 11.5 Å². The molecule has 2 fully saturated rings. The van der Waals surface area contributed by atoms with Crippen LogP contribution in [0.4, 0.5) is 5.13 Å². The van der Waals surface area contributed by atoms with Crippen molar-refractivity contribution in [3.05, 3.63) is 36.4 Å². The fourth-order valence-electron chi connectivity index (χ4n) is 3.89.